The quantitative estimate of drug-likeness (QED) is 0.778. The molecule has 28 heavy (non-hydrogen) atoms. The normalized spacial score (nSPS) is 14.7. The van der Waals surface area contributed by atoms with E-state index in [0.717, 1.165) is 37.5 Å². The molecule has 2 heterocycles. The van der Waals surface area contributed by atoms with Crippen molar-refractivity contribution in [3.8, 4) is 6.07 Å². The van der Waals surface area contributed by atoms with E-state index in [-0.39, 0.29) is 0 Å². The van der Waals surface area contributed by atoms with Crippen molar-refractivity contribution in [1.29, 1.82) is 5.26 Å². The minimum absolute atomic E-state index is 0.298. The summed E-state index contributed by atoms with van der Waals surface area (Å²) in [7, 11) is 0. The molecular formula is C21H26N4O2S. The Labute approximate surface area is 170 Å². The van der Waals surface area contributed by atoms with Crippen molar-refractivity contribution < 1.29 is 9.53 Å². The highest BCUT2D eigenvalue weighted by Crippen LogP contribution is 2.33. The molecule has 0 amide bonds. The highest BCUT2D eigenvalue weighted by Gasteiger charge is 2.26. The molecule has 2 N–H and O–H groups in total. The van der Waals surface area contributed by atoms with Crippen molar-refractivity contribution in [2.45, 2.75) is 27.3 Å². The number of hydrogen-bond acceptors (Lipinski definition) is 7. The van der Waals surface area contributed by atoms with E-state index in [1.807, 2.05) is 0 Å². The molecule has 3 rings (SSSR count). The Morgan fingerprint density at radius 2 is 2.00 bits per heavy atom. The summed E-state index contributed by atoms with van der Waals surface area (Å²) in [6.45, 7) is 10.4. The number of ether oxygens (including phenoxy) is 1. The third kappa shape index (κ3) is 3.98. The lowest BCUT2D eigenvalue weighted by Gasteiger charge is -2.37. The Hall–Kier alpha value is -2.56. The maximum absolute atomic E-state index is 12.3. The number of carbonyl (C=O) groups is 1. The Morgan fingerprint density at radius 1 is 1.29 bits per heavy atom. The molecule has 0 unspecified atom stereocenters. The van der Waals surface area contributed by atoms with E-state index < -0.39 is 5.97 Å². The minimum atomic E-state index is -0.398. The first-order valence-electron chi connectivity index (χ1n) is 9.48. The number of nitrogens with two attached hydrogens (primary N) is 1. The first kappa shape index (κ1) is 20.2. The molecule has 1 aliphatic rings. The topological polar surface area (TPSA) is 82.6 Å². The summed E-state index contributed by atoms with van der Waals surface area (Å²) in [5.41, 5.74) is 11.0. The maximum atomic E-state index is 12.3. The van der Waals surface area contributed by atoms with E-state index in [4.69, 9.17) is 10.5 Å². The second-order valence-corrected chi connectivity index (χ2v) is 8.02. The van der Waals surface area contributed by atoms with Crippen LogP contribution in [-0.2, 0) is 11.3 Å². The number of nitriles is 1. The van der Waals surface area contributed by atoms with Gasteiger partial charge in [-0.05, 0) is 38.0 Å². The standard InChI is InChI=1S/C21H26N4O2S/c1-4-27-21(26)19-17(16(12-22)20(23)28-19)13-24-8-10-25(11-9-24)18-7-5-6-14(2)15(18)3/h5-7H,4,8-11,13,23H2,1-3H3. The molecule has 7 heteroatoms. The van der Waals surface area contributed by atoms with E-state index in [2.05, 4.69) is 47.9 Å². The lowest BCUT2D eigenvalue weighted by Crippen LogP contribution is -2.46. The number of esters is 1. The number of nitrogen functional groups attached to an aromatic ring is 1. The van der Waals surface area contributed by atoms with Gasteiger partial charge in [0.05, 0.1) is 12.2 Å². The van der Waals surface area contributed by atoms with Crippen LogP contribution in [-0.4, -0.2) is 43.7 Å². The average Bonchev–Trinajstić information content (AvgIpc) is 3.00. The van der Waals surface area contributed by atoms with E-state index in [1.165, 1.54) is 16.8 Å². The van der Waals surface area contributed by atoms with Crippen molar-refractivity contribution in [3.05, 3.63) is 45.3 Å². The van der Waals surface area contributed by atoms with Gasteiger partial charge in [0.15, 0.2) is 0 Å². The fourth-order valence-corrected chi connectivity index (χ4v) is 4.49. The summed E-state index contributed by atoms with van der Waals surface area (Å²) in [4.78, 5) is 17.4. The van der Waals surface area contributed by atoms with Gasteiger partial charge in [-0.1, -0.05) is 12.1 Å². The molecule has 1 aromatic carbocycles. The summed E-state index contributed by atoms with van der Waals surface area (Å²) in [5.74, 6) is -0.398. The van der Waals surface area contributed by atoms with Gasteiger partial charge >= 0.3 is 5.97 Å². The zero-order valence-electron chi connectivity index (χ0n) is 16.6. The number of piperazine rings is 1. The number of carbonyl (C=O) groups excluding carboxylic acids is 1. The summed E-state index contributed by atoms with van der Waals surface area (Å²) < 4.78 is 5.15. The molecule has 0 spiro atoms. The van der Waals surface area contributed by atoms with Crippen LogP contribution in [0.5, 0.6) is 0 Å². The Kier molecular flexibility index (Phi) is 6.22. The molecule has 1 aromatic heterocycles. The zero-order valence-corrected chi connectivity index (χ0v) is 17.4. The van der Waals surface area contributed by atoms with Gasteiger partial charge in [0.1, 0.15) is 15.9 Å². The predicted octanol–water partition coefficient (Wildman–Crippen LogP) is 3.32. The average molecular weight is 399 g/mol. The first-order chi connectivity index (χ1) is 13.5. The Bertz CT molecular complexity index is 908. The first-order valence-corrected chi connectivity index (χ1v) is 10.3. The number of hydrogen-bond donors (Lipinski definition) is 1. The van der Waals surface area contributed by atoms with E-state index in [9.17, 15) is 10.1 Å². The van der Waals surface area contributed by atoms with Crippen molar-refractivity contribution in [2.24, 2.45) is 0 Å². The lowest BCUT2D eigenvalue weighted by atomic mass is 10.1. The van der Waals surface area contributed by atoms with Crippen LogP contribution in [0.2, 0.25) is 0 Å². The lowest BCUT2D eigenvalue weighted by molar-refractivity contribution is 0.0529. The molecule has 0 radical (unpaired) electrons. The van der Waals surface area contributed by atoms with Gasteiger partial charge in [-0.15, -0.1) is 11.3 Å². The SMILES string of the molecule is CCOC(=O)c1sc(N)c(C#N)c1CN1CCN(c2cccc(C)c2C)CC1. The van der Waals surface area contributed by atoms with Gasteiger partial charge in [0, 0.05) is 44.0 Å². The highest BCUT2D eigenvalue weighted by molar-refractivity contribution is 7.18. The Balaban J connectivity index is 1.74. The zero-order chi connectivity index (χ0) is 20.3. The van der Waals surface area contributed by atoms with Crippen LogP contribution in [0.4, 0.5) is 10.7 Å². The van der Waals surface area contributed by atoms with E-state index in [1.54, 1.807) is 6.92 Å². The highest BCUT2D eigenvalue weighted by atomic mass is 32.1. The summed E-state index contributed by atoms with van der Waals surface area (Å²) in [5, 5.41) is 9.88. The smallest absolute Gasteiger partial charge is 0.348 e. The largest absolute Gasteiger partial charge is 0.462 e. The third-order valence-electron chi connectivity index (χ3n) is 5.28. The maximum Gasteiger partial charge on any atom is 0.348 e. The van der Waals surface area contributed by atoms with Gasteiger partial charge in [-0.2, -0.15) is 5.26 Å². The molecule has 0 saturated carbocycles. The molecular weight excluding hydrogens is 372 g/mol. The van der Waals surface area contributed by atoms with Gasteiger partial charge in [-0.3, -0.25) is 4.90 Å². The number of thiophene rings is 1. The molecule has 0 aliphatic carbocycles. The van der Waals surface area contributed by atoms with E-state index >= 15 is 0 Å². The van der Waals surface area contributed by atoms with Crippen LogP contribution < -0.4 is 10.6 Å². The van der Waals surface area contributed by atoms with Crippen molar-refractivity contribution in [2.75, 3.05) is 43.4 Å². The van der Waals surface area contributed by atoms with Gasteiger partial charge in [0.25, 0.3) is 0 Å². The van der Waals surface area contributed by atoms with Crippen LogP contribution in [0.25, 0.3) is 0 Å². The van der Waals surface area contributed by atoms with Crippen LogP contribution in [0, 0.1) is 25.2 Å². The minimum Gasteiger partial charge on any atom is -0.462 e. The monoisotopic (exact) mass is 398 g/mol. The van der Waals surface area contributed by atoms with Crippen LogP contribution in [0.15, 0.2) is 18.2 Å². The van der Waals surface area contributed by atoms with Crippen LogP contribution in [0.3, 0.4) is 0 Å². The number of benzene rings is 1. The van der Waals surface area contributed by atoms with Gasteiger partial charge in [-0.25, -0.2) is 4.79 Å². The van der Waals surface area contributed by atoms with Crippen LogP contribution >= 0.6 is 11.3 Å². The van der Waals surface area contributed by atoms with Gasteiger partial charge < -0.3 is 15.4 Å². The molecule has 1 saturated heterocycles. The fourth-order valence-electron chi connectivity index (χ4n) is 3.57. The molecule has 148 valence electrons. The van der Waals surface area contributed by atoms with Crippen molar-refractivity contribution in [1.82, 2.24) is 4.90 Å². The number of nitrogens with zero attached hydrogens (tertiary/aromatic N) is 3. The van der Waals surface area contributed by atoms with Crippen LogP contribution in [0.1, 0.15) is 38.8 Å². The number of aryl methyl sites for hydroxylation is 1. The van der Waals surface area contributed by atoms with Crippen molar-refractivity contribution in [3.63, 3.8) is 0 Å². The summed E-state index contributed by atoms with van der Waals surface area (Å²) in [6.07, 6.45) is 0. The Morgan fingerprint density at radius 3 is 2.64 bits per heavy atom. The van der Waals surface area contributed by atoms with Crippen molar-refractivity contribution >= 4 is 28.0 Å². The molecule has 0 bridgehead atoms. The predicted molar refractivity (Wildman–Crippen MR) is 113 cm³/mol. The number of rotatable bonds is 5. The molecule has 6 nitrogen and oxygen atoms in total. The molecule has 2 aromatic rings. The summed E-state index contributed by atoms with van der Waals surface area (Å²) in [6, 6.07) is 8.57. The second kappa shape index (κ2) is 8.63. The number of anilines is 2. The third-order valence-corrected chi connectivity index (χ3v) is 6.32. The van der Waals surface area contributed by atoms with Gasteiger partial charge in [0.2, 0.25) is 0 Å². The molecule has 1 fully saturated rings. The second-order valence-electron chi connectivity index (χ2n) is 6.96. The molecule has 0 atom stereocenters. The fraction of sp³-hybridized carbons (Fsp3) is 0.429. The molecule has 1 aliphatic heterocycles. The van der Waals surface area contributed by atoms with E-state index in [0.29, 0.717) is 34.2 Å². The summed E-state index contributed by atoms with van der Waals surface area (Å²) >= 11 is 1.15.